The summed E-state index contributed by atoms with van der Waals surface area (Å²) in [5.41, 5.74) is 7.00. The number of fused-ring (bicyclic) bond motifs is 1. The highest BCUT2D eigenvalue weighted by Gasteiger charge is 2.44. The van der Waals surface area contributed by atoms with E-state index >= 15 is 0 Å². The Labute approximate surface area is 475 Å². The third-order valence-electron chi connectivity index (χ3n) is 14.7. The lowest BCUT2D eigenvalue weighted by atomic mass is 9.85. The van der Waals surface area contributed by atoms with Gasteiger partial charge in [-0.05, 0) is 97.2 Å². The van der Waals surface area contributed by atoms with Gasteiger partial charge in [0.05, 0.1) is 33.4 Å². The van der Waals surface area contributed by atoms with E-state index in [0.29, 0.717) is 94.6 Å². The molecule has 4 aromatic carbocycles. The van der Waals surface area contributed by atoms with Gasteiger partial charge < -0.3 is 35.8 Å². The van der Waals surface area contributed by atoms with Crippen molar-refractivity contribution in [2.45, 2.75) is 117 Å². The number of hydrogen-bond acceptors (Lipinski definition) is 11. The van der Waals surface area contributed by atoms with Crippen LogP contribution in [0.5, 0.6) is 0 Å². The van der Waals surface area contributed by atoms with Crippen molar-refractivity contribution in [3.05, 3.63) is 140 Å². The average molecular weight is 1130 g/mol. The zero-order chi connectivity index (χ0) is 56.9. The van der Waals surface area contributed by atoms with E-state index in [9.17, 15) is 33.9 Å². The molecule has 6 aromatic rings. The summed E-state index contributed by atoms with van der Waals surface area (Å²) in [6, 6.07) is 22.1. The topological polar surface area (TPSA) is 199 Å². The maximum absolute atomic E-state index is 14.6. The number of nitrogens with zero attached hydrogens (tertiary/aromatic N) is 6. The molecule has 2 aliphatic rings. The van der Waals surface area contributed by atoms with E-state index in [0.717, 1.165) is 27.3 Å². The molecular weight excluding hydrogens is 1060 g/mol. The number of unbranched alkanes of at least 4 members (excludes halogenated alkanes) is 2. The van der Waals surface area contributed by atoms with Crippen molar-refractivity contribution in [1.82, 2.24) is 40.3 Å². The molecule has 19 heteroatoms. The van der Waals surface area contributed by atoms with E-state index in [1.165, 1.54) is 11.0 Å². The second-order valence-corrected chi connectivity index (χ2v) is 23.5. The second-order valence-electron chi connectivity index (χ2n) is 21.9. The lowest BCUT2D eigenvalue weighted by Crippen LogP contribution is -2.57. The van der Waals surface area contributed by atoms with Crippen LogP contribution in [0.1, 0.15) is 107 Å². The molecule has 5 amide bonds. The monoisotopic (exact) mass is 1130 g/mol. The van der Waals surface area contributed by atoms with Crippen molar-refractivity contribution >= 4 is 80.8 Å². The summed E-state index contributed by atoms with van der Waals surface area (Å²) < 4.78 is 1.56. The Kier molecular flexibility index (Phi) is 18.5. The van der Waals surface area contributed by atoms with E-state index in [4.69, 9.17) is 28.2 Å². The molecule has 2 saturated heterocycles. The number of anilines is 1. The first kappa shape index (κ1) is 58.2. The predicted octanol–water partition coefficient (Wildman–Crippen LogP) is 9.24. The van der Waals surface area contributed by atoms with E-state index in [2.05, 4.69) is 27.5 Å². The van der Waals surface area contributed by atoms with Crippen LogP contribution in [-0.2, 0) is 25.7 Å². The van der Waals surface area contributed by atoms with Crippen molar-refractivity contribution in [1.29, 1.82) is 0 Å². The Morgan fingerprint density at radius 3 is 2.33 bits per heavy atom. The molecule has 0 bridgehead atoms. The molecule has 0 radical (unpaired) electrons. The lowest BCUT2D eigenvalue weighted by molar-refractivity contribution is -0.144. The molecule has 4 N–H and O–H groups in total. The Morgan fingerprint density at radius 2 is 1.66 bits per heavy atom. The van der Waals surface area contributed by atoms with Crippen LogP contribution in [0.15, 0.2) is 102 Å². The summed E-state index contributed by atoms with van der Waals surface area (Å²) in [5.74, 6) is -1.26. The number of aliphatic hydroxyl groups excluding tert-OH is 1. The van der Waals surface area contributed by atoms with Gasteiger partial charge in [0.2, 0.25) is 23.6 Å². The number of halogens is 2. The van der Waals surface area contributed by atoms with Gasteiger partial charge in [-0.15, -0.1) is 11.3 Å². The number of β-amino-alcohol motifs (C(OH)–C–C–N with tert-alkyl or cyclic N) is 1. The van der Waals surface area contributed by atoms with Crippen LogP contribution in [0.4, 0.5) is 5.82 Å². The van der Waals surface area contributed by atoms with Gasteiger partial charge in [-0.1, -0.05) is 113 Å². The molecular formula is C60H69Cl2N9O7S. The maximum atomic E-state index is 14.6. The first-order valence-electron chi connectivity index (χ1n) is 26.8. The van der Waals surface area contributed by atoms with Crippen LogP contribution < -0.4 is 26.5 Å². The first-order chi connectivity index (χ1) is 37.6. The Bertz CT molecular complexity index is 3340. The van der Waals surface area contributed by atoms with Crippen molar-refractivity contribution < 1.29 is 29.1 Å². The van der Waals surface area contributed by atoms with E-state index in [1.807, 2.05) is 113 Å². The van der Waals surface area contributed by atoms with Crippen LogP contribution in [0.25, 0.3) is 38.2 Å². The van der Waals surface area contributed by atoms with Crippen molar-refractivity contribution in [2.75, 3.05) is 37.6 Å². The SMILES string of the molecule is C=CC(=O)N1CCN(c2nc(=O)n(-c3ccc(C(=O)NCCCCCC(=O)N[C@H](C(=O)N4C[C@H](O)C[C@H]4C(=O)NCc4ccc(-c5scnc5C)cc4)C(C)(C)C)cc3C(C)C)c3cc(-c4ccccc4Cl)c(Cl)cc23)[C@@H](C)C1. The average Bonchev–Trinajstić information content (AvgIpc) is 4.13. The number of carbonyl (C=O) groups is 5. The number of hydrogen-bond donors (Lipinski definition) is 4. The highest BCUT2D eigenvalue weighted by atomic mass is 35.5. The number of piperazine rings is 1. The number of aliphatic hydroxyl groups is 1. The second kappa shape index (κ2) is 25.0. The number of aromatic nitrogens is 3. The van der Waals surface area contributed by atoms with Gasteiger partial charge in [-0.25, -0.2) is 9.78 Å². The molecule has 79 heavy (non-hydrogen) atoms. The Balaban J connectivity index is 0.893. The van der Waals surface area contributed by atoms with Crippen molar-refractivity contribution in [2.24, 2.45) is 5.41 Å². The smallest absolute Gasteiger partial charge is 0.354 e. The van der Waals surface area contributed by atoms with Gasteiger partial charge in [0, 0.05) is 90.3 Å². The van der Waals surface area contributed by atoms with E-state index in [1.54, 1.807) is 45.1 Å². The minimum Gasteiger partial charge on any atom is -0.391 e. The number of benzene rings is 4. The first-order valence-corrected chi connectivity index (χ1v) is 28.4. The molecule has 8 rings (SSSR count). The summed E-state index contributed by atoms with van der Waals surface area (Å²) >= 11 is 15.3. The van der Waals surface area contributed by atoms with Gasteiger partial charge >= 0.3 is 5.69 Å². The molecule has 416 valence electrons. The van der Waals surface area contributed by atoms with E-state index in [-0.39, 0.29) is 61.5 Å². The third-order valence-corrected chi connectivity index (χ3v) is 16.4. The van der Waals surface area contributed by atoms with Crippen molar-refractivity contribution in [3.63, 3.8) is 0 Å². The predicted molar refractivity (Wildman–Crippen MR) is 313 cm³/mol. The molecule has 0 aliphatic carbocycles. The zero-order valence-corrected chi connectivity index (χ0v) is 48.1. The molecule has 2 fully saturated rings. The van der Waals surface area contributed by atoms with Gasteiger partial charge in [0.15, 0.2) is 0 Å². The van der Waals surface area contributed by atoms with Crippen LogP contribution in [0.2, 0.25) is 10.0 Å². The maximum Gasteiger partial charge on any atom is 0.354 e. The minimum absolute atomic E-state index is 0.0255. The summed E-state index contributed by atoms with van der Waals surface area (Å²) in [7, 11) is 0. The van der Waals surface area contributed by atoms with Crippen LogP contribution in [0, 0.1) is 12.3 Å². The molecule has 0 unspecified atom stereocenters. The fourth-order valence-corrected chi connectivity index (χ4v) is 11.8. The fraction of sp³-hybridized carbons (Fsp3) is 0.400. The highest BCUT2D eigenvalue weighted by molar-refractivity contribution is 7.13. The lowest BCUT2D eigenvalue weighted by Gasteiger charge is -2.40. The minimum atomic E-state index is -0.950. The Morgan fingerprint density at radius 1 is 0.911 bits per heavy atom. The molecule has 0 saturated carbocycles. The molecule has 4 atom stereocenters. The Hall–Kier alpha value is -6.92. The summed E-state index contributed by atoms with van der Waals surface area (Å²) in [6.45, 7) is 18.9. The fourth-order valence-electron chi connectivity index (χ4n) is 10.4. The van der Waals surface area contributed by atoms with Crippen LogP contribution >= 0.6 is 34.5 Å². The van der Waals surface area contributed by atoms with Gasteiger partial charge in [0.25, 0.3) is 5.91 Å². The molecule has 16 nitrogen and oxygen atoms in total. The third kappa shape index (κ3) is 13.2. The summed E-state index contributed by atoms with van der Waals surface area (Å²) in [4.78, 5) is 97.2. The number of nitrogens with one attached hydrogen (secondary N) is 3. The van der Waals surface area contributed by atoms with Crippen LogP contribution in [0.3, 0.4) is 0 Å². The quantitative estimate of drug-likeness (QED) is 0.0475. The number of aryl methyl sites for hydroxylation is 1. The zero-order valence-electron chi connectivity index (χ0n) is 45.8. The normalized spacial score (nSPS) is 17.0. The number of amides is 5. The van der Waals surface area contributed by atoms with Crippen molar-refractivity contribution in [3.8, 4) is 27.3 Å². The summed E-state index contributed by atoms with van der Waals surface area (Å²) in [5, 5.41) is 21.1. The number of likely N-dealkylation sites (tertiary alicyclic amines) is 1. The largest absolute Gasteiger partial charge is 0.391 e. The number of thiazole rings is 1. The standard InChI is InChI=1S/C60H69Cl2N9O7S/c1-9-52(74)68-25-26-69(36(4)32-68)55-45-29-47(62)44(42-15-12-13-16-46(42)61)30-49(45)71(59(78)67-55)48-23-22-40(27-43(48)35(2)3)56(75)63-24-14-10-11-17-51(73)66-54(60(6,7)8)58(77)70-33-41(72)28-50(70)57(76)64-31-38-18-20-39(21-19-38)53-37(5)65-34-79-53/h9,12-13,15-16,18-23,27,29-30,34-36,41,50,54,72H,1,10-11,14,17,24-26,28,31-33H2,2-8H3,(H,63,75)(H,64,76)(H,66,73)/t36-,41+,50-,54+/m0/s1. The highest BCUT2D eigenvalue weighted by Crippen LogP contribution is 2.40. The number of carbonyl (C=O) groups excluding carboxylic acids is 5. The molecule has 2 aromatic heterocycles. The van der Waals surface area contributed by atoms with E-state index < -0.39 is 35.2 Å². The van der Waals surface area contributed by atoms with Gasteiger partial charge in [-0.3, -0.25) is 28.5 Å². The number of rotatable bonds is 18. The molecule has 0 spiro atoms. The molecule has 4 heterocycles. The summed E-state index contributed by atoms with van der Waals surface area (Å²) in [6.07, 6.45) is 2.34. The van der Waals surface area contributed by atoms with Gasteiger partial charge in [0.1, 0.15) is 17.9 Å². The van der Waals surface area contributed by atoms with Gasteiger partial charge in [-0.2, -0.15) is 4.98 Å². The van der Waals surface area contributed by atoms with Crippen LogP contribution in [-0.4, -0.2) is 116 Å². The molecule has 2 aliphatic heterocycles.